The van der Waals surface area contributed by atoms with Crippen molar-refractivity contribution in [2.24, 2.45) is 0 Å². The predicted molar refractivity (Wildman–Crippen MR) is 82.1 cm³/mol. The summed E-state index contributed by atoms with van der Waals surface area (Å²) in [5.41, 5.74) is 1.48. The maximum Gasteiger partial charge on any atom is 0.262 e. The Kier molecular flexibility index (Phi) is 5.17. The number of H-pyrrole nitrogens is 2. The van der Waals surface area contributed by atoms with Crippen LogP contribution < -0.4 is 16.2 Å². The Bertz CT molecular complexity index is 601. The molecule has 110 valence electrons. The van der Waals surface area contributed by atoms with Crippen LogP contribution in [0.25, 0.3) is 11.0 Å². The van der Waals surface area contributed by atoms with Crippen LogP contribution in [0.5, 0.6) is 0 Å². The molecule has 2 rings (SSSR count). The lowest BCUT2D eigenvalue weighted by molar-refractivity contribution is 0.599. The summed E-state index contributed by atoms with van der Waals surface area (Å²) >= 11 is 0. The summed E-state index contributed by atoms with van der Waals surface area (Å²) in [6, 6.07) is 0. The van der Waals surface area contributed by atoms with E-state index >= 15 is 0 Å². The minimum absolute atomic E-state index is 0.108. The first kappa shape index (κ1) is 14.6. The summed E-state index contributed by atoms with van der Waals surface area (Å²) in [5, 5.41) is 6.86. The first-order valence-corrected chi connectivity index (χ1v) is 7.25. The number of anilines is 1. The van der Waals surface area contributed by atoms with Crippen LogP contribution in [-0.2, 0) is 6.54 Å². The molecule has 0 atom stereocenters. The molecule has 0 radical (unpaired) electrons. The van der Waals surface area contributed by atoms with Crippen molar-refractivity contribution in [1.82, 2.24) is 20.3 Å². The van der Waals surface area contributed by atoms with Gasteiger partial charge in [-0.05, 0) is 18.5 Å². The Labute approximate surface area is 118 Å². The standard InChI is InChI=1S/C14H23N5O/c1-3-4-5-6-7-16-8-10-9-17-12-11(10)13(20)19-14(15-2)18-12/h9,16H,3-8H2,1-2H3,(H3,15,17,18,19,20). The molecule has 0 aliphatic heterocycles. The average Bonchev–Trinajstić information content (AvgIpc) is 2.86. The second kappa shape index (κ2) is 7.09. The van der Waals surface area contributed by atoms with Gasteiger partial charge in [-0.2, -0.15) is 4.98 Å². The molecule has 2 heterocycles. The highest BCUT2D eigenvalue weighted by molar-refractivity contribution is 5.79. The molecule has 2 aromatic rings. The normalized spacial score (nSPS) is 11.1. The second-order valence-corrected chi connectivity index (χ2v) is 4.94. The summed E-state index contributed by atoms with van der Waals surface area (Å²) in [6.45, 7) is 3.88. The third kappa shape index (κ3) is 3.39. The smallest absolute Gasteiger partial charge is 0.262 e. The van der Waals surface area contributed by atoms with Gasteiger partial charge in [0, 0.05) is 19.8 Å². The van der Waals surface area contributed by atoms with Gasteiger partial charge in [-0.25, -0.2) is 0 Å². The van der Waals surface area contributed by atoms with Crippen molar-refractivity contribution in [2.75, 3.05) is 18.9 Å². The highest BCUT2D eigenvalue weighted by Crippen LogP contribution is 2.12. The number of rotatable bonds is 8. The van der Waals surface area contributed by atoms with E-state index in [0.29, 0.717) is 23.5 Å². The molecule has 0 amide bonds. The van der Waals surface area contributed by atoms with Gasteiger partial charge in [-0.3, -0.25) is 9.78 Å². The van der Waals surface area contributed by atoms with Crippen LogP contribution in [-0.4, -0.2) is 28.5 Å². The lowest BCUT2D eigenvalue weighted by atomic mass is 10.2. The fourth-order valence-corrected chi connectivity index (χ4v) is 2.26. The van der Waals surface area contributed by atoms with Crippen molar-refractivity contribution in [3.05, 3.63) is 22.1 Å². The van der Waals surface area contributed by atoms with Crippen LogP contribution in [0.4, 0.5) is 5.95 Å². The molecule has 2 aromatic heterocycles. The molecule has 4 N–H and O–H groups in total. The van der Waals surface area contributed by atoms with Crippen LogP contribution in [0.3, 0.4) is 0 Å². The molecule has 0 saturated heterocycles. The molecular weight excluding hydrogens is 254 g/mol. The number of aromatic nitrogens is 3. The summed E-state index contributed by atoms with van der Waals surface area (Å²) < 4.78 is 0. The second-order valence-electron chi connectivity index (χ2n) is 4.94. The molecule has 20 heavy (non-hydrogen) atoms. The number of hydrogen-bond donors (Lipinski definition) is 4. The van der Waals surface area contributed by atoms with Gasteiger partial charge in [-0.1, -0.05) is 26.2 Å². The van der Waals surface area contributed by atoms with Crippen LogP contribution in [0.1, 0.15) is 38.2 Å². The lowest BCUT2D eigenvalue weighted by Gasteiger charge is -2.03. The van der Waals surface area contributed by atoms with E-state index in [4.69, 9.17) is 0 Å². The highest BCUT2D eigenvalue weighted by Gasteiger charge is 2.09. The van der Waals surface area contributed by atoms with Gasteiger partial charge < -0.3 is 15.6 Å². The molecule has 0 fully saturated rings. The fourth-order valence-electron chi connectivity index (χ4n) is 2.26. The molecule has 0 aliphatic rings. The molecule has 0 unspecified atom stereocenters. The van der Waals surface area contributed by atoms with Crippen LogP contribution in [0.15, 0.2) is 11.0 Å². The summed E-state index contributed by atoms with van der Waals surface area (Å²) in [5.74, 6) is 0.475. The first-order valence-electron chi connectivity index (χ1n) is 7.25. The SMILES string of the molecule is CCCCCCNCc1c[nH]c2nc(NC)[nH]c(=O)c12. The van der Waals surface area contributed by atoms with E-state index in [1.165, 1.54) is 25.7 Å². The van der Waals surface area contributed by atoms with Gasteiger partial charge in [0.25, 0.3) is 5.56 Å². The molecule has 0 aromatic carbocycles. The Hall–Kier alpha value is -1.82. The monoisotopic (exact) mass is 277 g/mol. The Balaban J connectivity index is 1.99. The van der Waals surface area contributed by atoms with Crippen molar-refractivity contribution in [3.8, 4) is 0 Å². The topological polar surface area (TPSA) is 85.6 Å². The lowest BCUT2D eigenvalue weighted by Crippen LogP contribution is -2.17. The first-order chi connectivity index (χ1) is 9.76. The zero-order valence-corrected chi connectivity index (χ0v) is 12.2. The van der Waals surface area contributed by atoms with E-state index in [1.807, 2.05) is 6.20 Å². The molecule has 6 heteroatoms. The largest absolute Gasteiger partial charge is 0.359 e. The van der Waals surface area contributed by atoms with Gasteiger partial charge in [0.2, 0.25) is 5.95 Å². The summed E-state index contributed by atoms with van der Waals surface area (Å²) in [7, 11) is 1.73. The van der Waals surface area contributed by atoms with Gasteiger partial charge in [0.1, 0.15) is 5.65 Å². The third-order valence-electron chi connectivity index (χ3n) is 3.38. The van der Waals surface area contributed by atoms with Gasteiger partial charge >= 0.3 is 0 Å². The molecule has 6 nitrogen and oxygen atoms in total. The number of fused-ring (bicyclic) bond motifs is 1. The molecule has 0 spiro atoms. The zero-order valence-electron chi connectivity index (χ0n) is 12.2. The summed E-state index contributed by atoms with van der Waals surface area (Å²) in [6.07, 6.45) is 6.81. The Morgan fingerprint density at radius 1 is 1.30 bits per heavy atom. The van der Waals surface area contributed by atoms with Crippen LogP contribution in [0, 0.1) is 0 Å². The van der Waals surface area contributed by atoms with E-state index < -0.39 is 0 Å². The minimum atomic E-state index is -0.108. The third-order valence-corrected chi connectivity index (χ3v) is 3.38. The van der Waals surface area contributed by atoms with Gasteiger partial charge in [0.15, 0.2) is 0 Å². The number of unbranched alkanes of at least 4 members (excludes halogenated alkanes) is 3. The fraction of sp³-hybridized carbons (Fsp3) is 0.571. The van der Waals surface area contributed by atoms with Gasteiger partial charge in [-0.15, -0.1) is 0 Å². The Morgan fingerprint density at radius 3 is 2.90 bits per heavy atom. The predicted octanol–water partition coefficient (Wildman–Crippen LogP) is 1.96. The van der Waals surface area contributed by atoms with E-state index in [-0.39, 0.29) is 5.56 Å². The highest BCUT2D eigenvalue weighted by atomic mass is 16.1. The maximum atomic E-state index is 12.0. The minimum Gasteiger partial charge on any atom is -0.359 e. The van der Waals surface area contributed by atoms with Crippen molar-refractivity contribution in [3.63, 3.8) is 0 Å². The van der Waals surface area contributed by atoms with Crippen molar-refractivity contribution >= 4 is 17.0 Å². The van der Waals surface area contributed by atoms with E-state index in [9.17, 15) is 4.79 Å². The molecule has 0 bridgehead atoms. The van der Waals surface area contributed by atoms with Crippen LogP contribution >= 0.6 is 0 Å². The average molecular weight is 277 g/mol. The quantitative estimate of drug-likeness (QED) is 0.556. The molecule has 0 saturated carbocycles. The molecule has 0 aliphatic carbocycles. The number of nitrogens with zero attached hydrogens (tertiary/aromatic N) is 1. The van der Waals surface area contributed by atoms with E-state index in [0.717, 1.165) is 12.1 Å². The van der Waals surface area contributed by atoms with Crippen molar-refractivity contribution < 1.29 is 0 Å². The zero-order chi connectivity index (χ0) is 14.4. The number of aromatic amines is 2. The van der Waals surface area contributed by atoms with E-state index in [2.05, 4.69) is 32.5 Å². The van der Waals surface area contributed by atoms with E-state index in [1.54, 1.807) is 7.05 Å². The Morgan fingerprint density at radius 2 is 2.15 bits per heavy atom. The number of nitrogens with one attached hydrogen (secondary N) is 4. The number of hydrogen-bond acceptors (Lipinski definition) is 4. The van der Waals surface area contributed by atoms with Crippen molar-refractivity contribution in [2.45, 2.75) is 39.2 Å². The van der Waals surface area contributed by atoms with Gasteiger partial charge in [0.05, 0.1) is 5.39 Å². The molecular formula is C14H23N5O. The van der Waals surface area contributed by atoms with Crippen LogP contribution in [0.2, 0.25) is 0 Å². The summed E-state index contributed by atoms with van der Waals surface area (Å²) in [4.78, 5) is 22.1. The van der Waals surface area contributed by atoms with Crippen molar-refractivity contribution in [1.29, 1.82) is 0 Å². The maximum absolute atomic E-state index is 12.0.